The van der Waals surface area contributed by atoms with Crippen molar-refractivity contribution in [3.63, 3.8) is 0 Å². The lowest BCUT2D eigenvalue weighted by molar-refractivity contribution is -0.154. The lowest BCUT2D eigenvalue weighted by atomic mass is 9.91. The van der Waals surface area contributed by atoms with Gasteiger partial charge in [-0.1, -0.05) is 31.2 Å². The third-order valence-corrected chi connectivity index (χ3v) is 5.03. The second kappa shape index (κ2) is 6.90. The van der Waals surface area contributed by atoms with E-state index < -0.39 is 5.41 Å². The molecule has 0 spiro atoms. The molecule has 0 aromatic heterocycles. The number of esters is 1. The topological polar surface area (TPSA) is 63.7 Å². The van der Waals surface area contributed by atoms with E-state index in [4.69, 9.17) is 4.74 Å². The first-order valence-corrected chi connectivity index (χ1v) is 8.91. The van der Waals surface area contributed by atoms with Gasteiger partial charge in [-0.2, -0.15) is 0 Å². The number of hydrogen-bond acceptors (Lipinski definition) is 4. The Bertz CT molecular complexity index is 830. The van der Waals surface area contributed by atoms with Gasteiger partial charge in [-0.25, -0.2) is 0 Å². The zero-order chi connectivity index (χ0) is 18.9. The number of hydrogen-bond donors (Lipinski definition) is 0. The summed E-state index contributed by atoms with van der Waals surface area (Å²) in [7, 11) is 0. The van der Waals surface area contributed by atoms with Gasteiger partial charge < -0.3 is 4.74 Å². The highest BCUT2D eigenvalue weighted by atomic mass is 16.5. The van der Waals surface area contributed by atoms with E-state index >= 15 is 0 Å². The fourth-order valence-corrected chi connectivity index (χ4v) is 2.91. The van der Waals surface area contributed by atoms with Gasteiger partial charge in [0.2, 0.25) is 0 Å². The minimum atomic E-state index is -0.518. The normalized spacial score (nSPS) is 14.0. The number of rotatable bonds is 6. The quantitative estimate of drug-likeness (QED) is 0.450. The third kappa shape index (κ3) is 3.21. The molecule has 0 atom stereocenters. The maximum Gasteiger partial charge on any atom is 0.311 e. The average Bonchev–Trinajstić information content (AvgIpc) is 2.87. The Balaban J connectivity index is 1.65. The molecule has 0 saturated carbocycles. The Kier molecular flexibility index (Phi) is 4.81. The molecule has 3 rings (SSSR count). The van der Waals surface area contributed by atoms with Crippen molar-refractivity contribution < 1.29 is 19.1 Å². The molecule has 1 heterocycles. The largest absolute Gasteiger partial charge is 0.465 e. The highest BCUT2D eigenvalue weighted by Crippen LogP contribution is 2.28. The molecule has 0 bridgehead atoms. The number of carbonyl (C=O) groups excluding carboxylic acids is 3. The van der Waals surface area contributed by atoms with E-state index in [1.807, 2.05) is 45.0 Å². The summed E-state index contributed by atoms with van der Waals surface area (Å²) in [4.78, 5) is 38.4. The van der Waals surface area contributed by atoms with Crippen molar-refractivity contribution in [1.82, 2.24) is 4.90 Å². The summed E-state index contributed by atoms with van der Waals surface area (Å²) in [6.07, 6.45) is 1.12. The first-order valence-electron chi connectivity index (χ1n) is 8.91. The predicted octanol–water partition coefficient (Wildman–Crippen LogP) is 3.81. The summed E-state index contributed by atoms with van der Waals surface area (Å²) < 4.78 is 5.28. The number of nitrogens with zero attached hydrogens (tertiary/aromatic N) is 1. The number of benzene rings is 2. The van der Waals surface area contributed by atoms with Crippen molar-refractivity contribution >= 4 is 28.6 Å². The second-order valence-electron chi connectivity index (χ2n) is 7.23. The van der Waals surface area contributed by atoms with E-state index in [2.05, 4.69) is 0 Å². The van der Waals surface area contributed by atoms with Crippen molar-refractivity contribution in [2.45, 2.75) is 33.6 Å². The monoisotopic (exact) mass is 353 g/mol. The molecule has 0 unspecified atom stereocenters. The zero-order valence-electron chi connectivity index (χ0n) is 15.4. The molecule has 1 aliphatic rings. The van der Waals surface area contributed by atoms with Gasteiger partial charge in [-0.3, -0.25) is 19.3 Å². The highest BCUT2D eigenvalue weighted by Gasteiger charge is 2.35. The molecule has 0 radical (unpaired) electrons. The van der Waals surface area contributed by atoms with Gasteiger partial charge in [0, 0.05) is 6.54 Å². The van der Waals surface area contributed by atoms with Crippen LogP contribution in [0.15, 0.2) is 36.4 Å². The van der Waals surface area contributed by atoms with Gasteiger partial charge in [0.05, 0.1) is 23.1 Å². The van der Waals surface area contributed by atoms with Gasteiger partial charge in [-0.05, 0) is 49.6 Å². The molecule has 0 N–H and O–H groups in total. The Morgan fingerprint density at radius 1 is 1.04 bits per heavy atom. The van der Waals surface area contributed by atoms with Crippen LogP contribution in [0.2, 0.25) is 0 Å². The Morgan fingerprint density at radius 3 is 2.08 bits per heavy atom. The molecule has 2 amide bonds. The molecule has 5 nitrogen and oxygen atoms in total. The average molecular weight is 353 g/mol. The molecule has 136 valence electrons. The van der Waals surface area contributed by atoms with Crippen LogP contribution in [0.25, 0.3) is 10.8 Å². The summed E-state index contributed by atoms with van der Waals surface area (Å²) in [5, 5.41) is 1.87. The number of imide groups is 1. The van der Waals surface area contributed by atoms with Crippen molar-refractivity contribution in [3.05, 3.63) is 47.5 Å². The van der Waals surface area contributed by atoms with Gasteiger partial charge in [0.25, 0.3) is 11.8 Å². The summed E-state index contributed by atoms with van der Waals surface area (Å²) in [5.41, 5.74) is 0.367. The molecule has 1 aliphatic heterocycles. The van der Waals surface area contributed by atoms with Gasteiger partial charge in [-0.15, -0.1) is 0 Å². The Hall–Kier alpha value is -2.69. The van der Waals surface area contributed by atoms with Crippen LogP contribution in [0.1, 0.15) is 54.3 Å². The smallest absolute Gasteiger partial charge is 0.311 e. The molecule has 0 saturated heterocycles. The minimum absolute atomic E-state index is 0.192. The maximum atomic E-state index is 12.6. The van der Waals surface area contributed by atoms with Gasteiger partial charge in [0.15, 0.2) is 0 Å². The van der Waals surface area contributed by atoms with Crippen LogP contribution in [0.5, 0.6) is 0 Å². The summed E-state index contributed by atoms with van der Waals surface area (Å²) in [5.74, 6) is -0.819. The standard InChI is InChI=1S/C21H23NO4/c1-4-21(2,3)20(25)26-11-7-10-22-18(23)16-12-14-8-5-6-9-15(14)13-17(16)19(22)24/h5-6,8-9,12-13H,4,7,10-11H2,1-3H3. The first kappa shape index (κ1) is 18.1. The van der Waals surface area contributed by atoms with Gasteiger partial charge in [0.1, 0.15) is 0 Å². The molecule has 26 heavy (non-hydrogen) atoms. The summed E-state index contributed by atoms with van der Waals surface area (Å²) in [6.45, 7) is 6.04. The third-order valence-electron chi connectivity index (χ3n) is 5.03. The Morgan fingerprint density at radius 2 is 1.58 bits per heavy atom. The fraction of sp³-hybridized carbons (Fsp3) is 0.381. The van der Waals surface area contributed by atoms with E-state index in [0.717, 1.165) is 10.8 Å². The summed E-state index contributed by atoms with van der Waals surface area (Å²) >= 11 is 0. The van der Waals surface area contributed by atoms with Crippen LogP contribution >= 0.6 is 0 Å². The minimum Gasteiger partial charge on any atom is -0.465 e. The molecule has 0 aliphatic carbocycles. The number of fused-ring (bicyclic) bond motifs is 2. The van der Waals surface area contributed by atoms with Crippen LogP contribution in [-0.2, 0) is 9.53 Å². The van der Waals surface area contributed by atoms with Gasteiger partial charge >= 0.3 is 5.97 Å². The molecule has 5 heteroatoms. The van der Waals surface area contributed by atoms with Crippen molar-refractivity contribution in [1.29, 1.82) is 0 Å². The highest BCUT2D eigenvalue weighted by molar-refractivity contribution is 6.23. The Labute approximate surface area is 152 Å². The number of ether oxygens (including phenoxy) is 1. The van der Waals surface area contributed by atoms with Crippen LogP contribution < -0.4 is 0 Å². The molecule has 0 fully saturated rings. The molecular formula is C21H23NO4. The zero-order valence-corrected chi connectivity index (χ0v) is 15.4. The van der Waals surface area contributed by atoms with E-state index in [0.29, 0.717) is 24.0 Å². The van der Waals surface area contributed by atoms with E-state index in [9.17, 15) is 14.4 Å². The van der Waals surface area contributed by atoms with Crippen LogP contribution in [0, 0.1) is 5.41 Å². The van der Waals surface area contributed by atoms with Crippen LogP contribution in [-0.4, -0.2) is 35.8 Å². The van der Waals surface area contributed by atoms with E-state index in [-0.39, 0.29) is 30.9 Å². The number of amides is 2. The summed E-state index contributed by atoms with van der Waals surface area (Å²) in [6, 6.07) is 11.2. The molecule has 2 aromatic carbocycles. The van der Waals surface area contributed by atoms with E-state index in [1.54, 1.807) is 12.1 Å². The van der Waals surface area contributed by atoms with Crippen molar-refractivity contribution in [3.8, 4) is 0 Å². The van der Waals surface area contributed by atoms with Crippen LogP contribution in [0.3, 0.4) is 0 Å². The van der Waals surface area contributed by atoms with Crippen molar-refractivity contribution in [2.75, 3.05) is 13.2 Å². The predicted molar refractivity (Wildman–Crippen MR) is 99.0 cm³/mol. The second-order valence-corrected chi connectivity index (χ2v) is 7.23. The van der Waals surface area contributed by atoms with Crippen molar-refractivity contribution in [2.24, 2.45) is 5.41 Å². The van der Waals surface area contributed by atoms with Crippen LogP contribution in [0.4, 0.5) is 0 Å². The fourth-order valence-electron chi connectivity index (χ4n) is 2.91. The SMILES string of the molecule is CCC(C)(C)C(=O)OCCCN1C(=O)c2cc3ccccc3cc2C1=O. The maximum absolute atomic E-state index is 12.6. The molecule has 2 aromatic rings. The van der Waals surface area contributed by atoms with E-state index in [1.165, 1.54) is 4.90 Å². The number of carbonyl (C=O) groups is 3. The lowest BCUT2D eigenvalue weighted by Crippen LogP contribution is -2.32. The lowest BCUT2D eigenvalue weighted by Gasteiger charge is -2.20. The first-order chi connectivity index (χ1) is 12.3. The molecular weight excluding hydrogens is 330 g/mol.